The molecule has 5 heteroatoms. The number of aromatic nitrogens is 2. The van der Waals surface area contributed by atoms with E-state index in [1.165, 1.54) is 0 Å². The van der Waals surface area contributed by atoms with Gasteiger partial charge >= 0.3 is 0 Å². The third-order valence-electron chi connectivity index (χ3n) is 2.42. The maximum Gasteiger partial charge on any atom is 0.226 e. The highest BCUT2D eigenvalue weighted by atomic mass is 16.5. The highest BCUT2D eigenvalue weighted by molar-refractivity contribution is 5.28. The van der Waals surface area contributed by atoms with Crippen LogP contribution in [0.25, 0.3) is 0 Å². The molecule has 1 aromatic rings. The molecule has 1 rings (SSSR count). The summed E-state index contributed by atoms with van der Waals surface area (Å²) in [5, 5.41) is 3.27. The summed E-state index contributed by atoms with van der Waals surface area (Å²) in [5.41, 5.74) is 0. The van der Waals surface area contributed by atoms with Crippen molar-refractivity contribution in [2.75, 3.05) is 25.6 Å². The molecule has 1 heterocycles. The van der Waals surface area contributed by atoms with Crippen LogP contribution in [-0.2, 0) is 4.74 Å². The van der Waals surface area contributed by atoms with Gasteiger partial charge in [-0.15, -0.1) is 0 Å². The van der Waals surface area contributed by atoms with Crippen molar-refractivity contribution in [1.29, 1.82) is 0 Å². The van der Waals surface area contributed by atoms with Gasteiger partial charge in [0.05, 0.1) is 19.3 Å². The number of nitrogens with zero attached hydrogens (tertiary/aromatic N) is 2. The lowest BCUT2D eigenvalue weighted by Gasteiger charge is -2.17. The molecule has 0 bridgehead atoms. The molecule has 0 spiro atoms. The fourth-order valence-electron chi connectivity index (χ4n) is 1.63. The summed E-state index contributed by atoms with van der Waals surface area (Å²) in [6, 6.07) is 2.01. The molecule has 0 aromatic carbocycles. The molecule has 18 heavy (non-hydrogen) atoms. The van der Waals surface area contributed by atoms with Crippen LogP contribution in [0.15, 0.2) is 12.3 Å². The summed E-state index contributed by atoms with van der Waals surface area (Å²) in [7, 11) is 1.70. The molecule has 0 aliphatic rings. The average molecular weight is 253 g/mol. The Morgan fingerprint density at radius 1 is 1.33 bits per heavy atom. The second-order valence-electron chi connectivity index (χ2n) is 4.15. The number of ether oxygens (including phenoxy) is 2. The normalized spacial score (nSPS) is 12.2. The quantitative estimate of drug-likeness (QED) is 0.732. The van der Waals surface area contributed by atoms with Crippen molar-refractivity contribution in [3.8, 4) is 5.88 Å². The largest absolute Gasteiger partial charge is 0.478 e. The van der Waals surface area contributed by atoms with E-state index in [9.17, 15) is 0 Å². The van der Waals surface area contributed by atoms with Crippen LogP contribution in [0.4, 0.5) is 5.95 Å². The second-order valence-corrected chi connectivity index (χ2v) is 4.15. The molecule has 0 radical (unpaired) electrons. The zero-order valence-corrected chi connectivity index (χ0v) is 11.5. The van der Waals surface area contributed by atoms with Gasteiger partial charge in [0, 0.05) is 19.4 Å². The number of methoxy groups -OCH3 is 1. The van der Waals surface area contributed by atoms with Gasteiger partial charge in [-0.1, -0.05) is 20.3 Å². The topological polar surface area (TPSA) is 56.3 Å². The first-order valence-corrected chi connectivity index (χ1v) is 6.51. The van der Waals surface area contributed by atoms with E-state index in [0.717, 1.165) is 19.3 Å². The molecule has 1 atom stereocenters. The molecule has 0 amide bonds. The molecule has 1 unspecified atom stereocenters. The lowest BCUT2D eigenvalue weighted by molar-refractivity contribution is 0.182. The molecule has 0 saturated carbocycles. The third-order valence-corrected chi connectivity index (χ3v) is 2.42. The SMILES string of the molecule is CCCOc1ccnc(NC(CCC)COC)n1. The fourth-order valence-corrected chi connectivity index (χ4v) is 1.63. The maximum absolute atomic E-state index is 5.47. The summed E-state index contributed by atoms with van der Waals surface area (Å²) < 4.78 is 10.6. The Hall–Kier alpha value is -1.36. The van der Waals surface area contributed by atoms with Crippen molar-refractivity contribution < 1.29 is 9.47 Å². The van der Waals surface area contributed by atoms with Crippen molar-refractivity contribution in [2.45, 2.75) is 39.2 Å². The van der Waals surface area contributed by atoms with E-state index in [0.29, 0.717) is 25.0 Å². The second kappa shape index (κ2) is 8.69. The molecule has 0 aliphatic carbocycles. The smallest absolute Gasteiger partial charge is 0.226 e. The molecule has 0 saturated heterocycles. The monoisotopic (exact) mass is 253 g/mol. The van der Waals surface area contributed by atoms with Crippen LogP contribution in [0.5, 0.6) is 5.88 Å². The highest BCUT2D eigenvalue weighted by Gasteiger charge is 2.09. The first-order valence-electron chi connectivity index (χ1n) is 6.51. The summed E-state index contributed by atoms with van der Waals surface area (Å²) in [6.45, 7) is 5.53. The third kappa shape index (κ3) is 5.31. The van der Waals surface area contributed by atoms with E-state index in [4.69, 9.17) is 9.47 Å². The van der Waals surface area contributed by atoms with Gasteiger partial charge < -0.3 is 14.8 Å². The Morgan fingerprint density at radius 2 is 2.17 bits per heavy atom. The predicted molar refractivity (Wildman–Crippen MR) is 72.0 cm³/mol. The summed E-state index contributed by atoms with van der Waals surface area (Å²) in [6.07, 6.45) is 4.79. The van der Waals surface area contributed by atoms with E-state index in [1.54, 1.807) is 19.4 Å². The van der Waals surface area contributed by atoms with E-state index >= 15 is 0 Å². The Morgan fingerprint density at radius 3 is 2.83 bits per heavy atom. The fraction of sp³-hybridized carbons (Fsp3) is 0.692. The van der Waals surface area contributed by atoms with Gasteiger partial charge in [-0.25, -0.2) is 4.98 Å². The van der Waals surface area contributed by atoms with Crippen LogP contribution < -0.4 is 10.1 Å². The number of rotatable bonds is 9. The number of anilines is 1. The van der Waals surface area contributed by atoms with Crippen molar-refractivity contribution in [3.63, 3.8) is 0 Å². The molecular formula is C13H23N3O2. The molecule has 1 aromatic heterocycles. The summed E-state index contributed by atoms with van der Waals surface area (Å²) in [5.74, 6) is 1.21. The van der Waals surface area contributed by atoms with Gasteiger partial charge in [-0.05, 0) is 12.8 Å². The van der Waals surface area contributed by atoms with Crippen LogP contribution in [0.1, 0.15) is 33.1 Å². The minimum absolute atomic E-state index is 0.237. The Labute approximate surface area is 109 Å². The predicted octanol–water partition coefficient (Wildman–Crippen LogP) is 2.49. The van der Waals surface area contributed by atoms with E-state index in [1.807, 2.05) is 0 Å². The van der Waals surface area contributed by atoms with E-state index in [2.05, 4.69) is 29.1 Å². The molecule has 102 valence electrons. The van der Waals surface area contributed by atoms with Crippen LogP contribution in [0, 0.1) is 0 Å². The van der Waals surface area contributed by atoms with Crippen molar-refractivity contribution in [3.05, 3.63) is 12.3 Å². The van der Waals surface area contributed by atoms with Crippen LogP contribution >= 0.6 is 0 Å². The summed E-state index contributed by atoms with van der Waals surface area (Å²) in [4.78, 5) is 8.51. The van der Waals surface area contributed by atoms with Crippen LogP contribution in [-0.4, -0.2) is 36.3 Å². The average Bonchev–Trinajstić information content (AvgIpc) is 2.37. The Bertz CT molecular complexity index is 328. The minimum Gasteiger partial charge on any atom is -0.478 e. The molecule has 0 aliphatic heterocycles. The number of hydrogen-bond donors (Lipinski definition) is 1. The van der Waals surface area contributed by atoms with Gasteiger partial charge in [-0.3, -0.25) is 0 Å². The number of nitrogens with one attached hydrogen (secondary N) is 1. The highest BCUT2D eigenvalue weighted by Crippen LogP contribution is 2.11. The van der Waals surface area contributed by atoms with Crippen LogP contribution in [0.3, 0.4) is 0 Å². The standard InChI is InChI=1S/C13H23N3O2/c1-4-6-11(10-17-3)15-13-14-8-7-12(16-13)18-9-5-2/h7-8,11H,4-6,9-10H2,1-3H3,(H,14,15,16). The Kier molecular flexibility index (Phi) is 7.10. The van der Waals surface area contributed by atoms with Crippen molar-refractivity contribution in [1.82, 2.24) is 9.97 Å². The molecule has 0 fully saturated rings. The van der Waals surface area contributed by atoms with Gasteiger partial charge in [0.15, 0.2) is 0 Å². The molecule has 1 N–H and O–H groups in total. The van der Waals surface area contributed by atoms with Gasteiger partial charge in [0.1, 0.15) is 0 Å². The number of hydrogen-bond acceptors (Lipinski definition) is 5. The first kappa shape index (κ1) is 14.7. The zero-order valence-electron chi connectivity index (χ0n) is 11.5. The zero-order chi connectivity index (χ0) is 13.2. The Balaban J connectivity index is 2.58. The van der Waals surface area contributed by atoms with Crippen LogP contribution in [0.2, 0.25) is 0 Å². The van der Waals surface area contributed by atoms with Gasteiger partial charge in [0.25, 0.3) is 0 Å². The minimum atomic E-state index is 0.237. The van der Waals surface area contributed by atoms with E-state index < -0.39 is 0 Å². The molecular weight excluding hydrogens is 230 g/mol. The summed E-state index contributed by atoms with van der Waals surface area (Å²) >= 11 is 0. The van der Waals surface area contributed by atoms with Crippen molar-refractivity contribution in [2.24, 2.45) is 0 Å². The van der Waals surface area contributed by atoms with Gasteiger partial charge in [0.2, 0.25) is 11.8 Å². The maximum atomic E-state index is 5.47. The lowest BCUT2D eigenvalue weighted by Crippen LogP contribution is -2.25. The van der Waals surface area contributed by atoms with Crippen molar-refractivity contribution >= 4 is 5.95 Å². The first-order chi connectivity index (χ1) is 8.80. The lowest BCUT2D eigenvalue weighted by atomic mass is 10.2. The molecule has 5 nitrogen and oxygen atoms in total. The van der Waals surface area contributed by atoms with Gasteiger partial charge in [-0.2, -0.15) is 4.98 Å². The van der Waals surface area contributed by atoms with E-state index in [-0.39, 0.29) is 6.04 Å².